The molecule has 22 heavy (non-hydrogen) atoms. The Hall–Kier alpha value is -1.15. The zero-order valence-corrected chi connectivity index (χ0v) is 13.4. The van der Waals surface area contributed by atoms with E-state index >= 15 is 0 Å². The van der Waals surface area contributed by atoms with Gasteiger partial charge in [0.1, 0.15) is 5.75 Å². The van der Waals surface area contributed by atoms with Gasteiger partial charge in [0, 0.05) is 13.0 Å². The van der Waals surface area contributed by atoms with Crippen LogP contribution in [0, 0.1) is 0 Å². The third kappa shape index (κ3) is 6.31. The summed E-state index contributed by atoms with van der Waals surface area (Å²) < 4.78 is 38.0. The molecule has 0 amide bonds. The quantitative estimate of drug-likeness (QED) is 0.910. The first kappa shape index (κ1) is 17.2. The monoisotopic (exact) mass is 329 g/mol. The standard InChI is InChI=1S/C15H23NO5S/c16-22(17,18)21-11-8-14-12-13-6-2-3-7-15(13)20-10-5-1-4-9-19-14/h2-3,6-7,14H,1,4-5,8-12H2,(H2,16,17,18). The van der Waals surface area contributed by atoms with E-state index in [1.807, 2.05) is 24.3 Å². The third-order valence-electron chi connectivity index (χ3n) is 3.51. The smallest absolute Gasteiger partial charge is 0.333 e. The largest absolute Gasteiger partial charge is 0.493 e. The lowest BCUT2D eigenvalue weighted by molar-refractivity contribution is 0.0371. The molecule has 0 aromatic heterocycles. The summed E-state index contributed by atoms with van der Waals surface area (Å²) >= 11 is 0. The van der Waals surface area contributed by atoms with Crippen LogP contribution in [0.3, 0.4) is 0 Å². The van der Waals surface area contributed by atoms with Crippen LogP contribution in [0.2, 0.25) is 0 Å². The fourth-order valence-corrected chi connectivity index (χ4v) is 2.74. The highest BCUT2D eigenvalue weighted by atomic mass is 32.2. The Labute approximate surface area is 131 Å². The average Bonchev–Trinajstić information content (AvgIpc) is 2.49. The maximum atomic E-state index is 10.8. The molecule has 2 N–H and O–H groups in total. The predicted octanol–water partition coefficient (Wildman–Crippen LogP) is 1.79. The Bertz CT molecular complexity index is 561. The van der Waals surface area contributed by atoms with Gasteiger partial charge in [0.15, 0.2) is 0 Å². The Morgan fingerprint density at radius 3 is 2.77 bits per heavy atom. The van der Waals surface area contributed by atoms with Crippen molar-refractivity contribution in [3.05, 3.63) is 29.8 Å². The van der Waals surface area contributed by atoms with Gasteiger partial charge in [-0.3, -0.25) is 4.18 Å². The first-order valence-corrected chi connectivity index (χ1v) is 9.01. The maximum Gasteiger partial charge on any atom is 0.333 e. The maximum absolute atomic E-state index is 10.8. The van der Waals surface area contributed by atoms with Crippen molar-refractivity contribution in [2.24, 2.45) is 5.14 Å². The molecule has 1 aliphatic rings. The van der Waals surface area contributed by atoms with E-state index in [1.54, 1.807) is 0 Å². The van der Waals surface area contributed by atoms with Gasteiger partial charge in [-0.2, -0.15) is 8.42 Å². The van der Waals surface area contributed by atoms with Gasteiger partial charge in [-0.25, -0.2) is 5.14 Å². The van der Waals surface area contributed by atoms with Gasteiger partial charge in [-0.15, -0.1) is 0 Å². The summed E-state index contributed by atoms with van der Waals surface area (Å²) in [4.78, 5) is 0. The van der Waals surface area contributed by atoms with Crippen LogP contribution in [0.5, 0.6) is 5.75 Å². The van der Waals surface area contributed by atoms with Crippen LogP contribution in [0.4, 0.5) is 0 Å². The van der Waals surface area contributed by atoms with Crippen molar-refractivity contribution in [3.8, 4) is 5.75 Å². The molecule has 1 aromatic carbocycles. The first-order valence-electron chi connectivity index (χ1n) is 7.54. The second-order valence-corrected chi connectivity index (χ2v) is 6.54. The summed E-state index contributed by atoms with van der Waals surface area (Å²) in [5, 5.41) is 4.84. The number of para-hydroxylation sites is 1. The van der Waals surface area contributed by atoms with Gasteiger partial charge >= 0.3 is 10.3 Å². The lowest BCUT2D eigenvalue weighted by atomic mass is 10.0. The molecule has 1 atom stereocenters. The lowest BCUT2D eigenvalue weighted by Gasteiger charge is -2.18. The van der Waals surface area contributed by atoms with E-state index in [2.05, 4.69) is 4.18 Å². The number of rotatable bonds is 4. The van der Waals surface area contributed by atoms with Crippen LogP contribution in [0.15, 0.2) is 24.3 Å². The zero-order chi connectivity index (χ0) is 15.8. The topological polar surface area (TPSA) is 87.9 Å². The Kier molecular flexibility index (Phi) is 6.63. The van der Waals surface area contributed by atoms with Crippen molar-refractivity contribution in [1.29, 1.82) is 0 Å². The first-order chi connectivity index (χ1) is 10.5. The van der Waals surface area contributed by atoms with E-state index in [0.717, 1.165) is 30.6 Å². The molecule has 0 bridgehead atoms. The molecule has 1 aromatic rings. The highest BCUT2D eigenvalue weighted by molar-refractivity contribution is 7.84. The highest BCUT2D eigenvalue weighted by Gasteiger charge is 2.16. The molecule has 0 saturated heterocycles. The number of ether oxygens (including phenoxy) is 2. The van der Waals surface area contributed by atoms with Crippen molar-refractivity contribution in [3.63, 3.8) is 0 Å². The molecule has 0 aliphatic carbocycles. The Balaban J connectivity index is 2.01. The number of benzene rings is 1. The fourth-order valence-electron chi connectivity index (χ4n) is 2.41. The summed E-state index contributed by atoms with van der Waals surface area (Å²) in [5.41, 5.74) is 1.06. The van der Waals surface area contributed by atoms with Crippen molar-refractivity contribution < 1.29 is 22.1 Å². The Morgan fingerprint density at radius 1 is 1.18 bits per heavy atom. The molecule has 6 nitrogen and oxygen atoms in total. The van der Waals surface area contributed by atoms with E-state index in [1.165, 1.54) is 0 Å². The molecule has 7 heteroatoms. The SMILES string of the molecule is NS(=O)(=O)OCCC1Cc2ccccc2OCCCCCO1. The second kappa shape index (κ2) is 8.47. The molecule has 1 unspecified atom stereocenters. The van der Waals surface area contributed by atoms with Gasteiger partial charge in [0.2, 0.25) is 0 Å². The van der Waals surface area contributed by atoms with Crippen molar-refractivity contribution in [1.82, 2.24) is 0 Å². The molecule has 0 spiro atoms. The number of hydrogen-bond acceptors (Lipinski definition) is 5. The lowest BCUT2D eigenvalue weighted by Crippen LogP contribution is -2.23. The second-order valence-electron chi connectivity index (χ2n) is 5.32. The molecule has 0 saturated carbocycles. The molecular weight excluding hydrogens is 306 g/mol. The molecule has 1 heterocycles. The van der Waals surface area contributed by atoms with Crippen LogP contribution in [0.1, 0.15) is 31.2 Å². The van der Waals surface area contributed by atoms with Gasteiger partial charge in [0.25, 0.3) is 0 Å². The minimum atomic E-state index is -3.90. The average molecular weight is 329 g/mol. The summed E-state index contributed by atoms with van der Waals surface area (Å²) in [7, 11) is -3.90. The minimum Gasteiger partial charge on any atom is -0.493 e. The van der Waals surface area contributed by atoms with Crippen LogP contribution in [-0.4, -0.2) is 34.3 Å². The van der Waals surface area contributed by atoms with Crippen LogP contribution < -0.4 is 9.88 Å². The molecule has 0 radical (unpaired) electrons. The van der Waals surface area contributed by atoms with Gasteiger partial charge in [0.05, 0.1) is 19.3 Å². The van der Waals surface area contributed by atoms with Crippen LogP contribution in [0.25, 0.3) is 0 Å². The van der Waals surface area contributed by atoms with Crippen molar-refractivity contribution in [2.45, 2.75) is 38.2 Å². The highest BCUT2D eigenvalue weighted by Crippen LogP contribution is 2.23. The normalized spacial score (nSPS) is 20.5. The van der Waals surface area contributed by atoms with E-state index in [-0.39, 0.29) is 12.7 Å². The molecule has 2 rings (SSSR count). The van der Waals surface area contributed by atoms with E-state index < -0.39 is 10.3 Å². The third-order valence-corrected chi connectivity index (χ3v) is 4.00. The van der Waals surface area contributed by atoms with E-state index in [4.69, 9.17) is 14.6 Å². The number of fused-ring (bicyclic) bond motifs is 1. The number of nitrogens with two attached hydrogens (primary N) is 1. The van der Waals surface area contributed by atoms with Gasteiger partial charge in [-0.1, -0.05) is 18.2 Å². The molecule has 1 aliphatic heterocycles. The van der Waals surface area contributed by atoms with Crippen molar-refractivity contribution in [2.75, 3.05) is 19.8 Å². The Morgan fingerprint density at radius 2 is 1.95 bits per heavy atom. The predicted molar refractivity (Wildman–Crippen MR) is 82.9 cm³/mol. The molecule has 124 valence electrons. The molecule has 0 fully saturated rings. The van der Waals surface area contributed by atoms with Crippen LogP contribution >= 0.6 is 0 Å². The van der Waals surface area contributed by atoms with Gasteiger partial charge in [-0.05, 0) is 37.3 Å². The van der Waals surface area contributed by atoms with E-state index in [9.17, 15) is 8.42 Å². The van der Waals surface area contributed by atoms with Gasteiger partial charge < -0.3 is 9.47 Å². The summed E-state index contributed by atoms with van der Waals surface area (Å²) in [5.74, 6) is 0.866. The minimum absolute atomic E-state index is 0.0204. The fraction of sp³-hybridized carbons (Fsp3) is 0.600. The van der Waals surface area contributed by atoms with Crippen LogP contribution in [-0.2, 0) is 25.6 Å². The summed E-state index contributed by atoms with van der Waals surface area (Å²) in [6.45, 7) is 1.38. The van der Waals surface area contributed by atoms with E-state index in [0.29, 0.717) is 26.1 Å². The molecular formula is C15H23NO5S. The number of hydrogen-bond donors (Lipinski definition) is 1. The zero-order valence-electron chi connectivity index (χ0n) is 12.6. The summed E-state index contributed by atoms with van der Waals surface area (Å²) in [6, 6.07) is 7.85. The van der Waals surface area contributed by atoms with Crippen molar-refractivity contribution >= 4 is 10.3 Å². The summed E-state index contributed by atoms with van der Waals surface area (Å²) in [6.07, 6.45) is 4.00.